The molecule has 0 bridgehead atoms. The Labute approximate surface area is 283 Å². The predicted octanol–water partition coefficient (Wildman–Crippen LogP) is 12.0. The van der Waals surface area contributed by atoms with E-state index >= 15 is 0 Å². The van der Waals surface area contributed by atoms with Gasteiger partial charge in [-0.1, -0.05) is 133 Å². The molecular formula is C46H29N3. The minimum atomic E-state index is 0.711. The van der Waals surface area contributed by atoms with E-state index < -0.39 is 0 Å². The lowest BCUT2D eigenvalue weighted by Crippen LogP contribution is -1.97. The molecule has 8 aromatic carbocycles. The minimum absolute atomic E-state index is 0.711. The van der Waals surface area contributed by atoms with E-state index in [9.17, 15) is 0 Å². The van der Waals surface area contributed by atoms with Gasteiger partial charge in [0.25, 0.3) is 0 Å². The Morgan fingerprint density at radius 1 is 0.347 bits per heavy atom. The normalized spacial score (nSPS) is 11.7. The van der Waals surface area contributed by atoms with Crippen LogP contribution in [0.2, 0.25) is 0 Å². The quantitative estimate of drug-likeness (QED) is 0.144. The fourth-order valence-electron chi connectivity index (χ4n) is 7.44. The molecular weight excluding hydrogens is 595 g/mol. The van der Waals surface area contributed by atoms with Crippen LogP contribution in [-0.2, 0) is 0 Å². The smallest absolute Gasteiger partial charge is 0.160 e. The Hall–Kier alpha value is -6.58. The molecule has 0 aliphatic carbocycles. The van der Waals surface area contributed by atoms with Crippen molar-refractivity contribution in [3.05, 3.63) is 176 Å². The number of nitrogens with zero attached hydrogens (tertiary/aromatic N) is 3. The molecule has 10 aromatic rings. The summed E-state index contributed by atoms with van der Waals surface area (Å²) in [6.07, 6.45) is 0. The second kappa shape index (κ2) is 11.0. The van der Waals surface area contributed by atoms with Gasteiger partial charge < -0.3 is 4.57 Å². The lowest BCUT2D eigenvalue weighted by Gasteiger charge is -2.13. The number of para-hydroxylation sites is 2. The molecule has 0 saturated heterocycles. The molecule has 3 nitrogen and oxygen atoms in total. The molecule has 0 spiro atoms. The summed E-state index contributed by atoms with van der Waals surface area (Å²) in [6.45, 7) is 0. The van der Waals surface area contributed by atoms with Crippen LogP contribution in [0.15, 0.2) is 176 Å². The van der Waals surface area contributed by atoms with Gasteiger partial charge in [0.15, 0.2) is 5.82 Å². The average molecular weight is 624 g/mol. The molecule has 2 heterocycles. The second-order valence-corrected chi connectivity index (χ2v) is 12.6. The predicted molar refractivity (Wildman–Crippen MR) is 205 cm³/mol. The van der Waals surface area contributed by atoms with Gasteiger partial charge in [-0.05, 0) is 74.8 Å². The molecule has 0 unspecified atom stereocenters. The van der Waals surface area contributed by atoms with Crippen LogP contribution >= 0.6 is 0 Å². The molecule has 0 amide bonds. The molecule has 49 heavy (non-hydrogen) atoms. The van der Waals surface area contributed by atoms with Crippen LogP contribution in [0.4, 0.5) is 0 Å². The van der Waals surface area contributed by atoms with E-state index in [4.69, 9.17) is 9.97 Å². The Morgan fingerprint density at radius 2 is 0.980 bits per heavy atom. The van der Waals surface area contributed by atoms with Crippen molar-refractivity contribution in [1.82, 2.24) is 14.5 Å². The maximum atomic E-state index is 5.19. The van der Waals surface area contributed by atoms with Crippen LogP contribution in [0.3, 0.4) is 0 Å². The summed E-state index contributed by atoms with van der Waals surface area (Å²) in [5, 5.41) is 9.89. The number of benzene rings is 8. The maximum absolute atomic E-state index is 5.19. The molecule has 0 radical (unpaired) electrons. The molecule has 0 N–H and O–H groups in total. The fourth-order valence-corrected chi connectivity index (χ4v) is 7.44. The first-order valence-corrected chi connectivity index (χ1v) is 16.7. The zero-order valence-corrected chi connectivity index (χ0v) is 26.6. The Morgan fingerprint density at radius 3 is 1.73 bits per heavy atom. The standard InChI is InChI=1S/C46H29N3/c1-2-11-31(12-3-1)46-47-42(30-21-24-35(25-22-30)49-44-19-8-6-15-39(44)40-16-7-9-20-45(40)49)29-43(48-46)38-18-10-17-36-37(38)26-23-34-27-32-13-4-5-14-33(32)28-41(34)36/h1-29H. The number of hydrogen-bond donors (Lipinski definition) is 0. The van der Waals surface area contributed by atoms with Crippen molar-refractivity contribution in [2.75, 3.05) is 0 Å². The molecule has 10 rings (SSSR count). The largest absolute Gasteiger partial charge is 0.309 e. The maximum Gasteiger partial charge on any atom is 0.160 e. The van der Waals surface area contributed by atoms with E-state index in [1.807, 2.05) is 18.2 Å². The Bertz CT molecular complexity index is 2810. The number of aromatic nitrogens is 3. The van der Waals surface area contributed by atoms with E-state index in [1.165, 1.54) is 54.1 Å². The van der Waals surface area contributed by atoms with Gasteiger partial charge in [0.2, 0.25) is 0 Å². The summed E-state index contributed by atoms with van der Waals surface area (Å²) in [7, 11) is 0. The van der Waals surface area contributed by atoms with Gasteiger partial charge in [-0.15, -0.1) is 0 Å². The molecule has 2 aromatic heterocycles. The van der Waals surface area contributed by atoms with Crippen LogP contribution in [-0.4, -0.2) is 14.5 Å². The van der Waals surface area contributed by atoms with Gasteiger partial charge in [-0.3, -0.25) is 0 Å². The van der Waals surface area contributed by atoms with E-state index in [0.717, 1.165) is 33.8 Å². The zero-order valence-electron chi connectivity index (χ0n) is 26.6. The second-order valence-electron chi connectivity index (χ2n) is 12.6. The zero-order chi connectivity index (χ0) is 32.3. The Kier molecular flexibility index (Phi) is 6.18. The van der Waals surface area contributed by atoms with Gasteiger partial charge in [0.1, 0.15) is 0 Å². The first kappa shape index (κ1) is 27.5. The summed E-state index contributed by atoms with van der Waals surface area (Å²) in [4.78, 5) is 10.3. The van der Waals surface area contributed by atoms with Crippen molar-refractivity contribution in [1.29, 1.82) is 0 Å². The van der Waals surface area contributed by atoms with Crippen molar-refractivity contribution in [2.24, 2.45) is 0 Å². The molecule has 0 fully saturated rings. The third-order valence-corrected chi connectivity index (χ3v) is 9.78. The molecule has 0 aliphatic rings. The van der Waals surface area contributed by atoms with Crippen molar-refractivity contribution >= 4 is 54.1 Å². The monoisotopic (exact) mass is 623 g/mol. The van der Waals surface area contributed by atoms with Crippen molar-refractivity contribution < 1.29 is 0 Å². The van der Waals surface area contributed by atoms with E-state index in [1.54, 1.807) is 0 Å². The topological polar surface area (TPSA) is 30.7 Å². The molecule has 0 aliphatic heterocycles. The van der Waals surface area contributed by atoms with Crippen molar-refractivity contribution in [3.63, 3.8) is 0 Å². The third kappa shape index (κ3) is 4.51. The first-order chi connectivity index (χ1) is 24.3. The lowest BCUT2D eigenvalue weighted by atomic mass is 9.94. The van der Waals surface area contributed by atoms with E-state index in [0.29, 0.717) is 5.82 Å². The highest BCUT2D eigenvalue weighted by Gasteiger charge is 2.15. The highest BCUT2D eigenvalue weighted by atomic mass is 15.0. The molecule has 0 atom stereocenters. The number of rotatable bonds is 4. The van der Waals surface area contributed by atoms with Gasteiger partial charge in [-0.2, -0.15) is 0 Å². The highest BCUT2D eigenvalue weighted by molar-refractivity contribution is 6.15. The molecule has 228 valence electrons. The molecule has 3 heteroatoms. The van der Waals surface area contributed by atoms with E-state index in [-0.39, 0.29) is 0 Å². The number of hydrogen-bond acceptors (Lipinski definition) is 2. The Balaban J connectivity index is 1.14. The third-order valence-electron chi connectivity index (χ3n) is 9.78. The van der Waals surface area contributed by atoms with Gasteiger partial charge in [-0.25, -0.2) is 9.97 Å². The minimum Gasteiger partial charge on any atom is -0.309 e. The van der Waals surface area contributed by atoms with Crippen LogP contribution in [0, 0.1) is 0 Å². The van der Waals surface area contributed by atoms with Gasteiger partial charge >= 0.3 is 0 Å². The van der Waals surface area contributed by atoms with Crippen molar-refractivity contribution in [3.8, 4) is 39.6 Å². The van der Waals surface area contributed by atoms with Crippen LogP contribution in [0.1, 0.15) is 0 Å². The first-order valence-electron chi connectivity index (χ1n) is 16.7. The van der Waals surface area contributed by atoms with E-state index in [2.05, 4.69) is 162 Å². The summed E-state index contributed by atoms with van der Waals surface area (Å²) < 4.78 is 2.35. The van der Waals surface area contributed by atoms with Crippen molar-refractivity contribution in [2.45, 2.75) is 0 Å². The summed E-state index contributed by atoms with van der Waals surface area (Å²) in [6, 6.07) is 62.6. The molecule has 0 saturated carbocycles. The van der Waals surface area contributed by atoms with Crippen LogP contribution in [0.5, 0.6) is 0 Å². The average Bonchev–Trinajstić information content (AvgIpc) is 3.51. The van der Waals surface area contributed by atoms with Crippen LogP contribution < -0.4 is 0 Å². The SMILES string of the molecule is c1ccc(-c2nc(-c3ccc(-n4c5ccccc5c5ccccc54)cc3)cc(-c3cccc4c3ccc3cc5ccccc5cc34)n2)cc1. The fraction of sp³-hybridized carbons (Fsp3) is 0. The van der Waals surface area contributed by atoms with Gasteiger partial charge in [0, 0.05) is 33.2 Å². The van der Waals surface area contributed by atoms with Gasteiger partial charge in [0.05, 0.1) is 22.4 Å². The highest BCUT2D eigenvalue weighted by Crippen LogP contribution is 2.37. The van der Waals surface area contributed by atoms with Crippen LogP contribution in [0.25, 0.3) is 93.7 Å². The summed E-state index contributed by atoms with van der Waals surface area (Å²) in [5.74, 6) is 0.711. The lowest BCUT2D eigenvalue weighted by molar-refractivity contribution is 1.17. The summed E-state index contributed by atoms with van der Waals surface area (Å²) in [5.41, 5.74) is 8.43. The number of fused-ring (bicyclic) bond motifs is 7. The summed E-state index contributed by atoms with van der Waals surface area (Å²) >= 11 is 0.